The number of nitrogens with zero attached hydrogens (tertiary/aromatic N) is 1. The second-order valence-electron chi connectivity index (χ2n) is 6.84. The van der Waals surface area contributed by atoms with E-state index in [1.54, 1.807) is 19.2 Å². The van der Waals surface area contributed by atoms with Crippen LogP contribution in [0.25, 0.3) is 0 Å². The van der Waals surface area contributed by atoms with E-state index in [4.69, 9.17) is 17.0 Å². The van der Waals surface area contributed by atoms with Crippen LogP contribution in [0.3, 0.4) is 0 Å². The van der Waals surface area contributed by atoms with Gasteiger partial charge in [-0.05, 0) is 42.4 Å². The van der Waals surface area contributed by atoms with Crippen LogP contribution in [0.2, 0.25) is 0 Å². The Bertz CT molecular complexity index is 748. The largest absolute Gasteiger partial charge is 0.496 e. The highest BCUT2D eigenvalue weighted by atomic mass is 32.1. The fourth-order valence-electron chi connectivity index (χ4n) is 3.43. The first-order valence-corrected chi connectivity index (χ1v) is 9.79. The first-order valence-electron chi connectivity index (χ1n) is 9.38. The first-order chi connectivity index (χ1) is 13.2. The van der Waals surface area contributed by atoms with Gasteiger partial charge in [0.05, 0.1) is 38.9 Å². The summed E-state index contributed by atoms with van der Waals surface area (Å²) in [5.74, 6) is 0.539. The van der Waals surface area contributed by atoms with E-state index in [0.29, 0.717) is 0 Å². The molecule has 1 aliphatic heterocycles. The van der Waals surface area contributed by atoms with Gasteiger partial charge in [0, 0.05) is 6.54 Å². The lowest BCUT2D eigenvalue weighted by Gasteiger charge is -2.34. The molecule has 144 valence electrons. The van der Waals surface area contributed by atoms with Crippen LogP contribution >= 0.6 is 12.2 Å². The van der Waals surface area contributed by atoms with Gasteiger partial charge in [-0.15, -0.1) is 0 Å². The molecule has 2 aromatic carbocycles. The average molecular weight is 389 g/mol. The predicted octanol–water partition coefficient (Wildman–Crippen LogP) is 1.65. The highest BCUT2D eigenvalue weighted by Crippen LogP contribution is 2.18. The van der Waals surface area contributed by atoms with Gasteiger partial charge < -0.3 is 19.9 Å². The highest BCUT2D eigenvalue weighted by Gasteiger charge is 2.23. The van der Waals surface area contributed by atoms with Crippen molar-refractivity contribution in [1.29, 1.82) is 0 Å². The van der Waals surface area contributed by atoms with E-state index in [2.05, 4.69) is 34.5 Å². The number of thiocarbonyl (C=S) groups is 1. The molecule has 0 radical (unpaired) electrons. The Hall–Kier alpha value is -2.18. The summed E-state index contributed by atoms with van der Waals surface area (Å²) in [6.07, 6.45) is 0.964. The second kappa shape index (κ2) is 9.67. The van der Waals surface area contributed by atoms with Crippen molar-refractivity contribution in [2.75, 3.05) is 39.8 Å². The van der Waals surface area contributed by atoms with Crippen LogP contribution in [0.4, 0.5) is 4.39 Å². The zero-order valence-electron chi connectivity index (χ0n) is 15.7. The maximum absolute atomic E-state index is 13.5. The number of ether oxygens (including phenoxy) is 1. The van der Waals surface area contributed by atoms with Gasteiger partial charge in [0.1, 0.15) is 18.1 Å². The van der Waals surface area contributed by atoms with E-state index in [0.717, 1.165) is 62.1 Å². The monoisotopic (exact) mass is 388 g/mol. The normalized spacial score (nSPS) is 14.8. The summed E-state index contributed by atoms with van der Waals surface area (Å²) in [6, 6.07) is 15.1. The summed E-state index contributed by atoms with van der Waals surface area (Å²) in [4.78, 5) is 3.65. The molecular weight excluding hydrogens is 361 g/mol. The van der Waals surface area contributed by atoms with E-state index in [1.807, 2.05) is 6.07 Å². The third-order valence-electron chi connectivity index (χ3n) is 4.97. The summed E-state index contributed by atoms with van der Waals surface area (Å²) in [6.45, 7) is 5.37. The van der Waals surface area contributed by atoms with Gasteiger partial charge in [0.2, 0.25) is 0 Å². The lowest BCUT2D eigenvalue weighted by atomic mass is 10.1. The highest BCUT2D eigenvalue weighted by molar-refractivity contribution is 7.80. The number of rotatable bonds is 6. The fraction of sp³-hybridized carbons (Fsp3) is 0.381. The zero-order chi connectivity index (χ0) is 19.1. The third-order valence-corrected chi connectivity index (χ3v) is 5.38. The molecule has 27 heavy (non-hydrogen) atoms. The van der Waals surface area contributed by atoms with Gasteiger partial charge in [0.25, 0.3) is 0 Å². The van der Waals surface area contributed by atoms with Crippen LogP contribution in [0.15, 0.2) is 48.5 Å². The first kappa shape index (κ1) is 19.6. The van der Waals surface area contributed by atoms with E-state index in [-0.39, 0.29) is 5.82 Å². The van der Waals surface area contributed by atoms with Crippen LogP contribution in [-0.2, 0) is 13.0 Å². The zero-order valence-corrected chi connectivity index (χ0v) is 16.5. The fourth-order valence-corrected chi connectivity index (χ4v) is 3.71. The Morgan fingerprint density at radius 2 is 1.93 bits per heavy atom. The quantitative estimate of drug-likeness (QED) is 0.737. The van der Waals surface area contributed by atoms with Crippen LogP contribution < -0.4 is 15.0 Å². The van der Waals surface area contributed by atoms with Gasteiger partial charge in [-0.3, -0.25) is 0 Å². The van der Waals surface area contributed by atoms with Crippen molar-refractivity contribution in [3.05, 3.63) is 65.5 Å². The second-order valence-corrected chi connectivity index (χ2v) is 7.22. The molecule has 6 heteroatoms. The van der Waals surface area contributed by atoms with Gasteiger partial charge in [-0.25, -0.2) is 4.39 Å². The molecule has 4 nitrogen and oxygen atoms in total. The molecule has 0 amide bonds. The van der Waals surface area contributed by atoms with Crippen LogP contribution in [0.1, 0.15) is 11.1 Å². The number of halogens is 1. The van der Waals surface area contributed by atoms with Crippen molar-refractivity contribution < 1.29 is 14.0 Å². The Morgan fingerprint density at radius 3 is 2.63 bits per heavy atom. The molecule has 0 unspecified atom stereocenters. The van der Waals surface area contributed by atoms with E-state index >= 15 is 0 Å². The molecule has 0 aliphatic carbocycles. The standard InChI is InChI=1S/C21H26FN3OS/c1-26-20-8-7-19(22)15-18(20)16-24-11-13-25(14-12-24)21(27)23-10-9-17-5-3-2-4-6-17/h2-8,15H,9-14,16H2,1H3,(H,23,27)/p+1. The molecule has 1 heterocycles. The summed E-state index contributed by atoms with van der Waals surface area (Å²) in [5, 5.41) is 4.20. The van der Waals surface area contributed by atoms with Crippen LogP contribution in [0, 0.1) is 5.82 Å². The van der Waals surface area contributed by atoms with E-state index in [1.165, 1.54) is 16.5 Å². The van der Waals surface area contributed by atoms with Gasteiger partial charge in [-0.1, -0.05) is 30.3 Å². The van der Waals surface area contributed by atoms with Crippen LogP contribution in [-0.4, -0.2) is 49.8 Å². The summed E-state index contributed by atoms with van der Waals surface area (Å²) in [5.41, 5.74) is 2.23. The molecule has 3 rings (SSSR count). The molecule has 2 aromatic rings. The number of hydrogen-bond donors (Lipinski definition) is 2. The van der Waals surface area contributed by atoms with Crippen molar-refractivity contribution in [2.45, 2.75) is 13.0 Å². The minimum Gasteiger partial charge on any atom is -0.496 e. The van der Waals surface area contributed by atoms with Gasteiger partial charge >= 0.3 is 0 Å². The minimum absolute atomic E-state index is 0.215. The predicted molar refractivity (Wildman–Crippen MR) is 110 cm³/mol. The van der Waals surface area contributed by atoms with Crippen molar-refractivity contribution in [3.63, 3.8) is 0 Å². The molecular formula is C21H27FN3OS+. The number of benzene rings is 2. The molecule has 0 spiro atoms. The maximum Gasteiger partial charge on any atom is 0.169 e. The SMILES string of the molecule is COc1ccc(F)cc1C[NH+]1CCN(C(=S)NCCc2ccccc2)CC1. The molecule has 1 aliphatic rings. The number of methoxy groups -OCH3 is 1. The third kappa shape index (κ3) is 5.65. The van der Waals surface area contributed by atoms with Crippen molar-refractivity contribution in [2.24, 2.45) is 0 Å². The van der Waals surface area contributed by atoms with Crippen molar-refractivity contribution >= 4 is 17.3 Å². The molecule has 0 bridgehead atoms. The molecule has 1 saturated heterocycles. The number of piperazine rings is 1. The van der Waals surface area contributed by atoms with Gasteiger partial charge in [0.15, 0.2) is 5.11 Å². The van der Waals surface area contributed by atoms with Crippen LogP contribution in [0.5, 0.6) is 5.75 Å². The Kier molecular flexibility index (Phi) is 7.01. The average Bonchev–Trinajstić information content (AvgIpc) is 2.69. The Morgan fingerprint density at radius 1 is 1.19 bits per heavy atom. The Balaban J connectivity index is 1.43. The lowest BCUT2D eigenvalue weighted by molar-refractivity contribution is -0.917. The number of quaternary nitrogens is 1. The topological polar surface area (TPSA) is 28.9 Å². The summed E-state index contributed by atoms with van der Waals surface area (Å²) < 4.78 is 18.9. The molecule has 2 N–H and O–H groups in total. The van der Waals surface area contributed by atoms with E-state index < -0.39 is 0 Å². The minimum atomic E-state index is -0.215. The molecule has 1 fully saturated rings. The number of hydrogen-bond acceptors (Lipinski definition) is 2. The molecule has 0 atom stereocenters. The van der Waals surface area contributed by atoms with E-state index in [9.17, 15) is 4.39 Å². The number of nitrogens with one attached hydrogen (secondary N) is 2. The summed E-state index contributed by atoms with van der Waals surface area (Å²) in [7, 11) is 1.63. The molecule has 0 saturated carbocycles. The van der Waals surface area contributed by atoms with Crippen molar-refractivity contribution in [1.82, 2.24) is 10.2 Å². The lowest BCUT2D eigenvalue weighted by Crippen LogP contribution is -3.13. The van der Waals surface area contributed by atoms with Gasteiger partial charge in [-0.2, -0.15) is 0 Å². The smallest absolute Gasteiger partial charge is 0.169 e. The maximum atomic E-state index is 13.5. The summed E-state index contributed by atoms with van der Waals surface area (Å²) >= 11 is 5.55. The van der Waals surface area contributed by atoms with Crippen molar-refractivity contribution in [3.8, 4) is 5.75 Å². The Labute approximate surface area is 165 Å². The molecule has 0 aromatic heterocycles.